The van der Waals surface area contributed by atoms with Gasteiger partial charge in [-0.3, -0.25) is 0 Å². The van der Waals surface area contributed by atoms with Crippen LogP contribution in [0.25, 0.3) is 10.8 Å². The summed E-state index contributed by atoms with van der Waals surface area (Å²) in [6, 6.07) is 6.05. The summed E-state index contributed by atoms with van der Waals surface area (Å²) in [7, 11) is 2.04. The lowest BCUT2D eigenvalue weighted by atomic mass is 10.1. The van der Waals surface area contributed by atoms with E-state index in [0.717, 1.165) is 40.0 Å². The first-order valence-corrected chi connectivity index (χ1v) is 7.37. The van der Waals surface area contributed by atoms with Gasteiger partial charge in [-0.05, 0) is 23.6 Å². The van der Waals surface area contributed by atoms with E-state index in [-0.39, 0.29) is 0 Å². The average molecular weight is 323 g/mol. The lowest BCUT2D eigenvalue weighted by Gasteiger charge is -2.22. The molecule has 0 N–H and O–H groups in total. The van der Waals surface area contributed by atoms with E-state index < -0.39 is 0 Å². The van der Waals surface area contributed by atoms with Crippen molar-refractivity contribution in [3.8, 4) is 11.5 Å². The topological polar surface area (TPSA) is 34.6 Å². The first-order chi connectivity index (χ1) is 9.29. The number of benzene rings is 1. The van der Waals surface area contributed by atoms with Crippen molar-refractivity contribution in [2.75, 3.05) is 37.0 Å². The summed E-state index contributed by atoms with van der Waals surface area (Å²) in [5.74, 6) is 2.59. The first-order valence-electron chi connectivity index (χ1n) is 6.25. The Morgan fingerprint density at radius 1 is 1.26 bits per heavy atom. The van der Waals surface area contributed by atoms with E-state index >= 15 is 0 Å². The number of aromatic nitrogens is 1. The van der Waals surface area contributed by atoms with Gasteiger partial charge in [0.05, 0.1) is 0 Å². The first kappa shape index (κ1) is 12.5. The number of alkyl halides is 1. The van der Waals surface area contributed by atoms with Gasteiger partial charge in [0, 0.05) is 30.5 Å². The molecule has 0 unspecified atom stereocenters. The largest absolute Gasteiger partial charge is 0.486 e. The highest BCUT2D eigenvalue weighted by atomic mass is 79.9. The van der Waals surface area contributed by atoms with Crippen LogP contribution in [0.3, 0.4) is 0 Å². The van der Waals surface area contributed by atoms with Crippen LogP contribution in [0.5, 0.6) is 11.5 Å². The van der Waals surface area contributed by atoms with Crippen LogP contribution in [-0.4, -0.2) is 37.1 Å². The van der Waals surface area contributed by atoms with Gasteiger partial charge in [0.2, 0.25) is 0 Å². The fraction of sp³-hybridized carbons (Fsp3) is 0.357. The second kappa shape index (κ2) is 5.25. The van der Waals surface area contributed by atoms with E-state index in [2.05, 4.69) is 25.8 Å². The van der Waals surface area contributed by atoms with Crippen molar-refractivity contribution in [2.45, 2.75) is 0 Å². The predicted octanol–water partition coefficient (Wildman–Crippen LogP) is 2.84. The summed E-state index contributed by atoms with van der Waals surface area (Å²) in [6.07, 6.45) is 1.83. The molecule has 4 nitrogen and oxygen atoms in total. The van der Waals surface area contributed by atoms with E-state index in [4.69, 9.17) is 9.47 Å². The molecule has 0 atom stereocenters. The number of hydrogen-bond donors (Lipinski definition) is 0. The molecule has 0 saturated heterocycles. The van der Waals surface area contributed by atoms with Crippen molar-refractivity contribution in [2.24, 2.45) is 0 Å². The lowest BCUT2D eigenvalue weighted by molar-refractivity contribution is 0.172. The normalized spacial score (nSPS) is 13.6. The third kappa shape index (κ3) is 2.34. The minimum Gasteiger partial charge on any atom is -0.486 e. The van der Waals surface area contributed by atoms with Crippen molar-refractivity contribution in [1.29, 1.82) is 0 Å². The number of hydrogen-bond acceptors (Lipinski definition) is 4. The molecule has 0 spiro atoms. The number of anilines is 1. The Bertz CT molecular complexity index is 603. The highest BCUT2D eigenvalue weighted by Gasteiger charge is 2.15. The Hall–Kier alpha value is -1.49. The van der Waals surface area contributed by atoms with Gasteiger partial charge in [-0.1, -0.05) is 15.9 Å². The van der Waals surface area contributed by atoms with Crippen LogP contribution >= 0.6 is 15.9 Å². The number of nitrogens with zero attached hydrogens (tertiary/aromatic N) is 2. The Morgan fingerprint density at radius 2 is 2.00 bits per heavy atom. The minimum absolute atomic E-state index is 0.603. The number of ether oxygens (including phenoxy) is 2. The maximum Gasteiger partial charge on any atom is 0.162 e. The fourth-order valence-electron chi connectivity index (χ4n) is 2.23. The second-order valence-corrected chi connectivity index (χ2v) is 5.26. The third-order valence-electron chi connectivity index (χ3n) is 3.19. The van der Waals surface area contributed by atoms with Crippen molar-refractivity contribution >= 4 is 32.5 Å². The quantitative estimate of drug-likeness (QED) is 0.814. The highest BCUT2D eigenvalue weighted by molar-refractivity contribution is 9.09. The molecular weight excluding hydrogens is 308 g/mol. The zero-order valence-electron chi connectivity index (χ0n) is 10.7. The summed E-state index contributed by atoms with van der Waals surface area (Å²) in [5.41, 5.74) is 0. The van der Waals surface area contributed by atoms with E-state index in [1.54, 1.807) is 0 Å². The van der Waals surface area contributed by atoms with Crippen molar-refractivity contribution in [3.63, 3.8) is 0 Å². The molecule has 0 aliphatic carbocycles. The molecule has 1 aromatic carbocycles. The summed E-state index contributed by atoms with van der Waals surface area (Å²) >= 11 is 3.46. The van der Waals surface area contributed by atoms with Gasteiger partial charge in [-0.15, -0.1) is 0 Å². The van der Waals surface area contributed by atoms with Gasteiger partial charge in [-0.25, -0.2) is 4.98 Å². The number of fused-ring (bicyclic) bond motifs is 2. The van der Waals surface area contributed by atoms with Crippen LogP contribution < -0.4 is 14.4 Å². The second-order valence-electron chi connectivity index (χ2n) is 4.46. The monoisotopic (exact) mass is 322 g/mol. The average Bonchev–Trinajstić information content (AvgIpc) is 2.44. The molecule has 3 rings (SSSR count). The van der Waals surface area contributed by atoms with Crippen molar-refractivity contribution in [1.82, 2.24) is 4.98 Å². The predicted molar refractivity (Wildman–Crippen MR) is 79.8 cm³/mol. The van der Waals surface area contributed by atoms with Crippen molar-refractivity contribution < 1.29 is 9.47 Å². The smallest absolute Gasteiger partial charge is 0.162 e. The van der Waals surface area contributed by atoms with E-state index in [9.17, 15) is 0 Å². The molecule has 1 aliphatic rings. The number of pyridine rings is 1. The molecule has 19 heavy (non-hydrogen) atoms. The van der Waals surface area contributed by atoms with Crippen molar-refractivity contribution in [3.05, 3.63) is 24.4 Å². The molecule has 2 aromatic rings. The minimum atomic E-state index is 0.603. The Balaban J connectivity index is 2.13. The molecule has 0 fully saturated rings. The van der Waals surface area contributed by atoms with Crippen LogP contribution in [0.1, 0.15) is 0 Å². The summed E-state index contributed by atoms with van der Waals surface area (Å²) in [4.78, 5) is 6.62. The van der Waals surface area contributed by atoms with Gasteiger partial charge < -0.3 is 14.4 Å². The highest BCUT2D eigenvalue weighted by Crippen LogP contribution is 2.37. The van der Waals surface area contributed by atoms with Gasteiger partial charge in [0.15, 0.2) is 11.5 Å². The molecule has 2 heterocycles. The molecule has 0 bridgehead atoms. The van der Waals surface area contributed by atoms with Crippen LogP contribution in [-0.2, 0) is 0 Å². The van der Waals surface area contributed by atoms with Crippen LogP contribution in [0.15, 0.2) is 24.4 Å². The molecule has 1 aliphatic heterocycles. The molecule has 0 radical (unpaired) electrons. The Labute approximate surface area is 120 Å². The summed E-state index contributed by atoms with van der Waals surface area (Å²) in [5, 5.41) is 3.12. The van der Waals surface area contributed by atoms with Gasteiger partial charge in [0.1, 0.15) is 19.0 Å². The Kier molecular flexibility index (Phi) is 3.46. The maximum absolute atomic E-state index is 5.65. The lowest BCUT2D eigenvalue weighted by Crippen LogP contribution is -2.21. The van der Waals surface area contributed by atoms with E-state index in [1.807, 2.05) is 31.4 Å². The van der Waals surface area contributed by atoms with Gasteiger partial charge >= 0.3 is 0 Å². The van der Waals surface area contributed by atoms with E-state index in [0.29, 0.717) is 13.2 Å². The molecule has 100 valence electrons. The molecule has 5 heteroatoms. The number of rotatable bonds is 3. The van der Waals surface area contributed by atoms with E-state index in [1.165, 1.54) is 0 Å². The zero-order valence-corrected chi connectivity index (χ0v) is 12.3. The molecule has 0 amide bonds. The summed E-state index contributed by atoms with van der Waals surface area (Å²) in [6.45, 7) is 2.12. The molecule has 1 aromatic heterocycles. The van der Waals surface area contributed by atoms with Gasteiger partial charge in [-0.2, -0.15) is 0 Å². The van der Waals surface area contributed by atoms with Crippen LogP contribution in [0, 0.1) is 0 Å². The fourth-order valence-corrected chi connectivity index (χ4v) is 2.76. The van der Waals surface area contributed by atoms with Crippen LogP contribution in [0.4, 0.5) is 5.82 Å². The van der Waals surface area contributed by atoms with Crippen LogP contribution in [0.2, 0.25) is 0 Å². The third-order valence-corrected chi connectivity index (χ3v) is 3.54. The Morgan fingerprint density at radius 3 is 2.74 bits per heavy atom. The standard InChI is InChI=1S/C14H15BrN2O2/c1-17(5-3-15)14-11-9-13-12(18-6-7-19-13)8-10(11)2-4-16-14/h2,4,8-9H,3,5-7H2,1H3. The zero-order chi connectivity index (χ0) is 13.2. The SMILES string of the molecule is CN(CCBr)c1nccc2cc3c(cc12)OCCO3. The summed E-state index contributed by atoms with van der Waals surface area (Å²) < 4.78 is 11.3. The molecule has 0 saturated carbocycles. The molecular formula is C14H15BrN2O2. The number of halogens is 1. The van der Waals surface area contributed by atoms with Gasteiger partial charge in [0.25, 0.3) is 0 Å². The maximum atomic E-state index is 5.65.